The van der Waals surface area contributed by atoms with Crippen LogP contribution in [0.2, 0.25) is 0 Å². The normalized spacial score (nSPS) is 14.1. The van der Waals surface area contributed by atoms with E-state index in [0.29, 0.717) is 0 Å². The van der Waals surface area contributed by atoms with Gasteiger partial charge in [-0.25, -0.2) is 0 Å². The van der Waals surface area contributed by atoms with E-state index in [2.05, 4.69) is 84.9 Å². The number of hydrogen-bond acceptors (Lipinski definition) is 1. The number of carbonyl (C=O) groups excluding carboxylic acids is 1. The Balaban J connectivity index is 1.79. The lowest BCUT2D eigenvalue weighted by Gasteiger charge is -2.41. The minimum atomic E-state index is -0.288. The summed E-state index contributed by atoms with van der Waals surface area (Å²) in [6, 6.07) is 37.6. The van der Waals surface area contributed by atoms with Gasteiger partial charge >= 0.3 is 0 Å². The Morgan fingerprint density at radius 1 is 0.483 bits per heavy atom. The van der Waals surface area contributed by atoms with Crippen LogP contribution in [0.3, 0.4) is 0 Å². The Morgan fingerprint density at radius 3 is 1.31 bits per heavy atom. The van der Waals surface area contributed by atoms with Crippen LogP contribution in [0.4, 0.5) is 0 Å². The molecule has 29 heavy (non-hydrogen) atoms. The number of rotatable bonds is 4. The number of benzene rings is 4. The maximum absolute atomic E-state index is 13.3. The molecule has 0 bridgehead atoms. The van der Waals surface area contributed by atoms with Gasteiger partial charge in [0.05, 0.1) is 0 Å². The van der Waals surface area contributed by atoms with Gasteiger partial charge in [-0.05, 0) is 35.1 Å². The number of ketones is 1. The third-order valence-corrected chi connectivity index (χ3v) is 6.07. The zero-order chi connectivity index (χ0) is 19.7. The molecule has 1 aliphatic carbocycles. The molecule has 0 radical (unpaired) electrons. The van der Waals surface area contributed by atoms with Crippen LogP contribution in [-0.4, -0.2) is 5.78 Å². The van der Waals surface area contributed by atoms with E-state index in [1.807, 2.05) is 24.3 Å². The maximum atomic E-state index is 13.3. The summed E-state index contributed by atoms with van der Waals surface area (Å²) in [7, 11) is 0. The Bertz CT molecular complexity index is 1070. The first-order valence-electron chi connectivity index (χ1n) is 10.1. The summed E-state index contributed by atoms with van der Waals surface area (Å²) in [4.78, 5) is 13.3. The van der Waals surface area contributed by atoms with Crippen molar-refractivity contribution < 1.29 is 4.79 Å². The van der Waals surface area contributed by atoms with Crippen LogP contribution in [0.25, 0.3) is 0 Å². The summed E-state index contributed by atoms with van der Waals surface area (Å²) in [6.07, 6.45) is 1.70. The van der Waals surface area contributed by atoms with E-state index < -0.39 is 0 Å². The van der Waals surface area contributed by atoms with Gasteiger partial charge in [0.2, 0.25) is 0 Å². The third kappa shape index (κ3) is 3.00. The van der Waals surface area contributed by atoms with Crippen molar-refractivity contribution in [1.29, 1.82) is 0 Å². The summed E-state index contributed by atoms with van der Waals surface area (Å²) in [5.41, 5.74) is 6.21. The second-order valence-electron chi connectivity index (χ2n) is 7.83. The van der Waals surface area contributed by atoms with Gasteiger partial charge in [-0.15, -0.1) is 0 Å². The van der Waals surface area contributed by atoms with Crippen LogP contribution < -0.4 is 0 Å². The van der Waals surface area contributed by atoms with E-state index in [1.54, 1.807) is 0 Å². The highest BCUT2D eigenvalue weighted by atomic mass is 16.1. The molecule has 1 aliphatic rings. The highest BCUT2D eigenvalue weighted by Crippen LogP contribution is 2.46. The van der Waals surface area contributed by atoms with Crippen molar-refractivity contribution in [3.8, 4) is 0 Å². The largest absolute Gasteiger partial charge is 0.289 e. The van der Waals surface area contributed by atoms with E-state index in [-0.39, 0.29) is 11.2 Å². The van der Waals surface area contributed by atoms with Gasteiger partial charge in [0.15, 0.2) is 5.78 Å². The second kappa shape index (κ2) is 7.18. The van der Waals surface area contributed by atoms with Crippen molar-refractivity contribution in [3.05, 3.63) is 143 Å². The predicted molar refractivity (Wildman–Crippen MR) is 117 cm³/mol. The number of hydrogen-bond donors (Lipinski definition) is 0. The van der Waals surface area contributed by atoms with Crippen molar-refractivity contribution in [2.45, 2.75) is 18.3 Å². The predicted octanol–water partition coefficient (Wildman–Crippen LogP) is 6.00. The number of carbonyl (C=O) groups is 1. The molecule has 4 aromatic carbocycles. The quantitative estimate of drug-likeness (QED) is 0.428. The molecule has 0 amide bonds. The Kier molecular flexibility index (Phi) is 4.37. The van der Waals surface area contributed by atoms with Crippen molar-refractivity contribution >= 4 is 5.78 Å². The second-order valence-corrected chi connectivity index (χ2v) is 7.83. The van der Waals surface area contributed by atoms with Gasteiger partial charge in [-0.1, -0.05) is 109 Å². The summed E-state index contributed by atoms with van der Waals surface area (Å²) in [5, 5.41) is 0. The molecule has 0 atom stereocenters. The Hall–Kier alpha value is -3.45. The summed E-state index contributed by atoms with van der Waals surface area (Å²) in [6.45, 7) is 0. The molecule has 0 aromatic heterocycles. The van der Waals surface area contributed by atoms with Crippen molar-refractivity contribution in [1.82, 2.24) is 0 Å². The molecular formula is C28H22O. The van der Waals surface area contributed by atoms with Gasteiger partial charge in [0, 0.05) is 16.5 Å². The molecule has 0 aliphatic heterocycles. The molecule has 0 N–H and O–H groups in total. The van der Waals surface area contributed by atoms with Gasteiger partial charge < -0.3 is 0 Å². The molecule has 0 spiro atoms. The van der Waals surface area contributed by atoms with Crippen LogP contribution in [-0.2, 0) is 18.3 Å². The lowest BCUT2D eigenvalue weighted by atomic mass is 9.61. The Labute approximate surface area is 171 Å². The highest BCUT2D eigenvalue weighted by Gasteiger charge is 2.43. The first-order valence-corrected chi connectivity index (χ1v) is 10.1. The monoisotopic (exact) mass is 374 g/mol. The molecular weight excluding hydrogens is 352 g/mol. The van der Waals surface area contributed by atoms with E-state index in [4.69, 9.17) is 0 Å². The molecule has 0 heterocycles. The lowest BCUT2D eigenvalue weighted by molar-refractivity contribution is 0.102. The summed E-state index contributed by atoms with van der Waals surface area (Å²) < 4.78 is 0. The average Bonchev–Trinajstić information content (AvgIpc) is 2.79. The molecule has 0 unspecified atom stereocenters. The first-order chi connectivity index (χ1) is 14.3. The Morgan fingerprint density at radius 2 is 0.862 bits per heavy atom. The van der Waals surface area contributed by atoms with E-state index >= 15 is 0 Å². The van der Waals surface area contributed by atoms with Gasteiger partial charge in [0.25, 0.3) is 0 Å². The van der Waals surface area contributed by atoms with Crippen LogP contribution in [0.15, 0.2) is 109 Å². The van der Waals surface area contributed by atoms with Gasteiger partial charge in [-0.2, -0.15) is 0 Å². The molecule has 1 heteroatoms. The van der Waals surface area contributed by atoms with Crippen molar-refractivity contribution in [2.75, 3.05) is 0 Å². The fraction of sp³-hybridized carbons (Fsp3) is 0.107. The molecule has 1 nitrogen and oxygen atoms in total. The first kappa shape index (κ1) is 17.6. The topological polar surface area (TPSA) is 17.1 Å². The van der Waals surface area contributed by atoms with Crippen molar-refractivity contribution in [3.63, 3.8) is 0 Å². The summed E-state index contributed by atoms with van der Waals surface area (Å²) in [5.74, 6) is 0.132. The average molecular weight is 374 g/mol. The zero-order valence-corrected chi connectivity index (χ0v) is 16.2. The molecule has 0 saturated carbocycles. The third-order valence-electron chi connectivity index (χ3n) is 6.07. The SMILES string of the molecule is O=C1c2ccccc2C(Cc2ccccc2)(Cc2ccccc2)c2ccccc21. The molecule has 0 fully saturated rings. The van der Waals surface area contributed by atoms with Crippen molar-refractivity contribution in [2.24, 2.45) is 0 Å². The van der Waals surface area contributed by atoms with Crippen LogP contribution in [0, 0.1) is 0 Å². The maximum Gasteiger partial charge on any atom is 0.193 e. The van der Waals surface area contributed by atoms with Crippen LogP contribution in [0.5, 0.6) is 0 Å². The van der Waals surface area contributed by atoms with E-state index in [9.17, 15) is 4.79 Å². The minimum absolute atomic E-state index is 0.132. The molecule has 140 valence electrons. The number of fused-ring (bicyclic) bond motifs is 2. The molecule has 4 aromatic rings. The highest BCUT2D eigenvalue weighted by molar-refractivity contribution is 6.13. The van der Waals surface area contributed by atoms with E-state index in [0.717, 1.165) is 35.1 Å². The summed E-state index contributed by atoms with van der Waals surface area (Å²) >= 11 is 0. The molecule has 5 rings (SSSR count). The van der Waals surface area contributed by atoms with Gasteiger partial charge in [0.1, 0.15) is 0 Å². The minimum Gasteiger partial charge on any atom is -0.289 e. The standard InChI is InChI=1S/C28H22O/c29-27-23-15-7-9-17-25(23)28(19-21-11-3-1-4-12-21,20-22-13-5-2-6-14-22)26-18-10-8-16-24(26)27/h1-18H,19-20H2. The van der Waals surface area contributed by atoms with Crippen LogP contribution >= 0.6 is 0 Å². The van der Waals surface area contributed by atoms with Gasteiger partial charge in [-0.3, -0.25) is 4.79 Å². The van der Waals surface area contributed by atoms with E-state index in [1.165, 1.54) is 11.1 Å². The van der Waals surface area contributed by atoms with Crippen LogP contribution in [0.1, 0.15) is 38.2 Å². The smallest absolute Gasteiger partial charge is 0.193 e. The fourth-order valence-corrected chi connectivity index (χ4v) is 4.82. The lowest BCUT2D eigenvalue weighted by Crippen LogP contribution is -2.39. The zero-order valence-electron chi connectivity index (χ0n) is 16.2. The molecule has 0 saturated heterocycles. The fourth-order valence-electron chi connectivity index (χ4n) is 4.82.